The van der Waals surface area contributed by atoms with Crippen molar-refractivity contribution in [2.24, 2.45) is 0 Å². The number of benzene rings is 1. The van der Waals surface area contributed by atoms with Crippen molar-refractivity contribution in [3.8, 4) is 22.4 Å². The van der Waals surface area contributed by atoms with E-state index in [4.69, 9.17) is 5.73 Å². The Hall–Kier alpha value is -3.30. The lowest BCUT2D eigenvalue weighted by atomic mass is 9.94. The molecule has 3 N–H and O–H groups in total. The van der Waals surface area contributed by atoms with E-state index in [2.05, 4.69) is 15.3 Å². The number of nitrogens with two attached hydrogens (primary N) is 1. The SMILES string of the molecule is CCN(C)S(=O)(=O)c1cnc(-c2cnc(N)c(-c3ccc4c(c3)CCNC4=O)c2)cc1C. The number of aryl methyl sites for hydroxylation is 1. The summed E-state index contributed by atoms with van der Waals surface area (Å²) in [7, 11) is -2.04. The van der Waals surface area contributed by atoms with Crippen LogP contribution in [-0.4, -0.2) is 48.7 Å². The first-order valence-corrected chi connectivity index (χ1v) is 11.8. The van der Waals surface area contributed by atoms with Crippen LogP contribution in [0.3, 0.4) is 0 Å². The number of hydrogen-bond donors (Lipinski definition) is 2. The molecule has 3 heterocycles. The van der Waals surface area contributed by atoms with Gasteiger partial charge in [-0.25, -0.2) is 17.7 Å². The molecule has 166 valence electrons. The second-order valence-corrected chi connectivity index (χ2v) is 9.80. The standard InChI is InChI=1S/C23H25N5O3S/c1-4-28(3)32(30,31)21-13-26-20(9-14(21)2)17-11-19(22(24)27-12-17)15-5-6-18-16(10-15)7-8-25-23(18)29/h5-6,9-13H,4,7-8H2,1-3H3,(H2,24,27)(H,25,29). The zero-order valence-corrected chi connectivity index (χ0v) is 19.0. The van der Waals surface area contributed by atoms with Crippen LogP contribution in [0.5, 0.6) is 0 Å². The number of fused-ring (bicyclic) bond motifs is 1. The van der Waals surface area contributed by atoms with Crippen LogP contribution in [0.15, 0.2) is 47.6 Å². The van der Waals surface area contributed by atoms with Crippen molar-refractivity contribution in [1.82, 2.24) is 19.6 Å². The molecule has 2 aromatic heterocycles. The van der Waals surface area contributed by atoms with Crippen molar-refractivity contribution < 1.29 is 13.2 Å². The van der Waals surface area contributed by atoms with Gasteiger partial charge in [-0.2, -0.15) is 0 Å². The number of sulfonamides is 1. The molecular weight excluding hydrogens is 426 g/mol. The maximum Gasteiger partial charge on any atom is 0.251 e. The molecule has 0 atom stereocenters. The third-order valence-electron chi connectivity index (χ3n) is 5.75. The van der Waals surface area contributed by atoms with Gasteiger partial charge in [0, 0.05) is 49.2 Å². The molecule has 0 fully saturated rings. The highest BCUT2D eigenvalue weighted by molar-refractivity contribution is 7.89. The fourth-order valence-electron chi connectivity index (χ4n) is 3.75. The lowest BCUT2D eigenvalue weighted by molar-refractivity contribution is 0.0946. The maximum atomic E-state index is 12.7. The summed E-state index contributed by atoms with van der Waals surface area (Å²) < 4.78 is 26.7. The molecule has 0 aliphatic carbocycles. The molecule has 0 saturated heterocycles. The Kier molecular flexibility index (Phi) is 5.70. The highest BCUT2D eigenvalue weighted by atomic mass is 32.2. The Morgan fingerprint density at radius 2 is 1.88 bits per heavy atom. The number of pyridine rings is 2. The Balaban J connectivity index is 1.74. The van der Waals surface area contributed by atoms with Crippen molar-refractivity contribution in [3.63, 3.8) is 0 Å². The zero-order chi connectivity index (χ0) is 23.0. The maximum absolute atomic E-state index is 12.7. The van der Waals surface area contributed by atoms with Crippen molar-refractivity contribution in [3.05, 3.63) is 59.4 Å². The number of hydrogen-bond acceptors (Lipinski definition) is 6. The van der Waals surface area contributed by atoms with E-state index in [0.717, 1.165) is 28.7 Å². The summed E-state index contributed by atoms with van der Waals surface area (Å²) in [5.74, 6) is 0.301. The number of nitrogens with zero attached hydrogens (tertiary/aromatic N) is 3. The molecular formula is C23H25N5O3S. The summed E-state index contributed by atoms with van der Waals surface area (Å²) >= 11 is 0. The molecule has 9 heteroatoms. The normalized spacial score (nSPS) is 13.7. The molecule has 1 aliphatic rings. The van der Waals surface area contributed by atoms with Crippen LogP contribution in [0.2, 0.25) is 0 Å². The van der Waals surface area contributed by atoms with Crippen LogP contribution in [0.25, 0.3) is 22.4 Å². The minimum Gasteiger partial charge on any atom is -0.383 e. The van der Waals surface area contributed by atoms with Gasteiger partial charge in [-0.05, 0) is 48.2 Å². The van der Waals surface area contributed by atoms with Gasteiger partial charge in [0.05, 0.1) is 5.69 Å². The molecule has 3 aromatic rings. The lowest BCUT2D eigenvalue weighted by Gasteiger charge is -2.18. The molecule has 4 rings (SSSR count). The molecule has 1 aliphatic heterocycles. The molecule has 1 amide bonds. The Morgan fingerprint density at radius 3 is 2.59 bits per heavy atom. The van der Waals surface area contributed by atoms with E-state index >= 15 is 0 Å². The van der Waals surface area contributed by atoms with Gasteiger partial charge in [-0.15, -0.1) is 0 Å². The van der Waals surface area contributed by atoms with Crippen molar-refractivity contribution in [2.75, 3.05) is 25.9 Å². The molecule has 0 spiro atoms. The summed E-state index contributed by atoms with van der Waals surface area (Å²) in [5.41, 5.74) is 11.3. The summed E-state index contributed by atoms with van der Waals surface area (Å²) in [4.78, 5) is 20.9. The van der Waals surface area contributed by atoms with Gasteiger partial charge >= 0.3 is 0 Å². The summed E-state index contributed by atoms with van der Waals surface area (Å²) in [5, 5.41) is 2.84. The summed E-state index contributed by atoms with van der Waals surface area (Å²) in [6.45, 7) is 4.51. The average Bonchev–Trinajstić information content (AvgIpc) is 2.78. The second-order valence-electron chi connectivity index (χ2n) is 7.79. The van der Waals surface area contributed by atoms with Gasteiger partial charge in [0.2, 0.25) is 10.0 Å². The first-order chi connectivity index (χ1) is 15.2. The molecule has 0 radical (unpaired) electrons. The highest BCUT2D eigenvalue weighted by Crippen LogP contribution is 2.32. The number of nitrogen functional groups attached to an aromatic ring is 1. The summed E-state index contributed by atoms with van der Waals surface area (Å²) in [6.07, 6.45) is 3.77. The third kappa shape index (κ3) is 3.85. The van der Waals surface area contributed by atoms with Crippen LogP contribution in [0.1, 0.15) is 28.4 Å². The van der Waals surface area contributed by atoms with E-state index in [1.54, 1.807) is 39.2 Å². The fourth-order valence-corrected chi connectivity index (χ4v) is 5.08. The topological polar surface area (TPSA) is 118 Å². The molecule has 0 bridgehead atoms. The fraction of sp³-hybridized carbons (Fsp3) is 0.261. The number of rotatable bonds is 5. The number of anilines is 1. The van der Waals surface area contributed by atoms with E-state index in [1.165, 1.54) is 10.5 Å². The van der Waals surface area contributed by atoms with Crippen molar-refractivity contribution in [2.45, 2.75) is 25.2 Å². The van der Waals surface area contributed by atoms with Gasteiger partial charge in [0.25, 0.3) is 5.91 Å². The minimum absolute atomic E-state index is 0.0684. The Labute approximate surface area is 187 Å². The van der Waals surface area contributed by atoms with E-state index in [0.29, 0.717) is 35.7 Å². The first kappa shape index (κ1) is 21.9. The Bertz CT molecular complexity index is 1320. The lowest BCUT2D eigenvalue weighted by Crippen LogP contribution is -2.31. The highest BCUT2D eigenvalue weighted by Gasteiger charge is 2.23. The van der Waals surface area contributed by atoms with Gasteiger partial charge in [-0.1, -0.05) is 19.1 Å². The smallest absolute Gasteiger partial charge is 0.251 e. The van der Waals surface area contributed by atoms with Crippen LogP contribution in [-0.2, 0) is 16.4 Å². The Morgan fingerprint density at radius 1 is 1.09 bits per heavy atom. The molecule has 0 saturated carbocycles. The van der Waals surface area contributed by atoms with Crippen LogP contribution in [0.4, 0.5) is 5.82 Å². The van der Waals surface area contributed by atoms with Crippen LogP contribution in [0, 0.1) is 6.92 Å². The summed E-state index contributed by atoms with van der Waals surface area (Å²) in [6, 6.07) is 9.26. The number of amides is 1. The van der Waals surface area contributed by atoms with E-state index in [9.17, 15) is 13.2 Å². The van der Waals surface area contributed by atoms with Gasteiger partial charge < -0.3 is 11.1 Å². The van der Waals surface area contributed by atoms with Gasteiger partial charge in [0.1, 0.15) is 10.7 Å². The minimum atomic E-state index is -3.59. The quantitative estimate of drug-likeness (QED) is 0.616. The van der Waals surface area contributed by atoms with Gasteiger partial charge in [0.15, 0.2) is 0 Å². The molecule has 0 unspecified atom stereocenters. The second kappa shape index (κ2) is 8.33. The average molecular weight is 452 g/mol. The number of carbonyl (C=O) groups excluding carboxylic acids is 1. The molecule has 8 nitrogen and oxygen atoms in total. The molecule has 1 aromatic carbocycles. The van der Waals surface area contributed by atoms with Gasteiger partial charge in [-0.3, -0.25) is 9.78 Å². The zero-order valence-electron chi connectivity index (χ0n) is 18.2. The first-order valence-electron chi connectivity index (χ1n) is 10.3. The van der Waals surface area contributed by atoms with Crippen LogP contribution >= 0.6 is 0 Å². The predicted octanol–water partition coefficient (Wildman–Crippen LogP) is 2.63. The van der Waals surface area contributed by atoms with Crippen molar-refractivity contribution >= 4 is 21.7 Å². The molecule has 32 heavy (non-hydrogen) atoms. The predicted molar refractivity (Wildman–Crippen MR) is 124 cm³/mol. The van der Waals surface area contributed by atoms with Crippen molar-refractivity contribution in [1.29, 1.82) is 0 Å². The van der Waals surface area contributed by atoms with Crippen LogP contribution < -0.4 is 11.1 Å². The largest absolute Gasteiger partial charge is 0.383 e. The van der Waals surface area contributed by atoms with E-state index < -0.39 is 10.0 Å². The third-order valence-corrected chi connectivity index (χ3v) is 7.81. The van der Waals surface area contributed by atoms with E-state index in [-0.39, 0.29) is 10.8 Å². The number of nitrogens with one attached hydrogen (secondary N) is 1. The monoisotopic (exact) mass is 451 g/mol. The van der Waals surface area contributed by atoms with E-state index in [1.807, 2.05) is 18.2 Å². The number of aromatic nitrogens is 2. The number of carbonyl (C=O) groups is 1.